The molecule has 0 fully saturated rings. The minimum atomic E-state index is -0.255. The number of halogens is 2. The van der Waals surface area contributed by atoms with Crippen molar-refractivity contribution in [3.63, 3.8) is 0 Å². The van der Waals surface area contributed by atoms with Crippen LogP contribution in [-0.2, 0) is 13.6 Å². The molecule has 27 heavy (non-hydrogen) atoms. The Kier molecular flexibility index (Phi) is 4.47. The molecule has 4 rings (SSSR count). The van der Waals surface area contributed by atoms with Crippen molar-refractivity contribution < 1.29 is 0 Å². The van der Waals surface area contributed by atoms with Crippen molar-refractivity contribution in [1.29, 1.82) is 0 Å². The Balaban J connectivity index is 2.00. The Hall–Kier alpha value is -2.67. The molecule has 0 bridgehead atoms. The Labute approximate surface area is 164 Å². The Morgan fingerprint density at radius 3 is 2.59 bits per heavy atom. The molecule has 3 N–H and O–H groups in total. The summed E-state index contributed by atoms with van der Waals surface area (Å²) in [5, 5.41) is 13.2. The van der Waals surface area contributed by atoms with Crippen molar-refractivity contribution in [2.75, 3.05) is 0 Å². The van der Waals surface area contributed by atoms with Crippen molar-refractivity contribution in [3.8, 4) is 22.4 Å². The number of benzene rings is 2. The number of aryl methyl sites for hydroxylation is 1. The molecular formula is C19H15Cl2N5O. The second kappa shape index (κ2) is 6.81. The third-order valence-electron chi connectivity index (χ3n) is 4.51. The largest absolute Gasteiger partial charge is 0.325 e. The number of hydrogen-bond donors (Lipinski definition) is 2. The number of rotatable bonds is 3. The van der Waals surface area contributed by atoms with Crippen molar-refractivity contribution in [3.05, 3.63) is 68.7 Å². The topological polar surface area (TPSA) is 89.6 Å². The maximum atomic E-state index is 12.1. The minimum Gasteiger partial charge on any atom is -0.325 e. The predicted molar refractivity (Wildman–Crippen MR) is 108 cm³/mol. The molecule has 8 heteroatoms. The molecule has 0 saturated heterocycles. The fraction of sp³-hybridized carbons (Fsp3) is 0.105. The van der Waals surface area contributed by atoms with E-state index in [2.05, 4.69) is 15.3 Å². The first kappa shape index (κ1) is 17.7. The van der Waals surface area contributed by atoms with Crippen LogP contribution in [0.1, 0.15) is 5.69 Å². The van der Waals surface area contributed by atoms with Gasteiger partial charge in [0, 0.05) is 30.1 Å². The predicted octanol–water partition coefficient (Wildman–Crippen LogP) is 3.76. The molecule has 0 atom stereocenters. The van der Waals surface area contributed by atoms with E-state index in [1.165, 1.54) is 0 Å². The molecule has 0 spiro atoms. The zero-order valence-electron chi connectivity index (χ0n) is 14.3. The van der Waals surface area contributed by atoms with Gasteiger partial charge in [-0.05, 0) is 29.8 Å². The lowest BCUT2D eigenvalue weighted by molar-refractivity contribution is 0.776. The molecule has 0 radical (unpaired) electrons. The van der Waals surface area contributed by atoms with Crippen LogP contribution in [0.4, 0.5) is 0 Å². The van der Waals surface area contributed by atoms with Crippen LogP contribution in [0, 0.1) is 0 Å². The van der Waals surface area contributed by atoms with Gasteiger partial charge in [0.15, 0.2) is 0 Å². The molecule has 0 saturated carbocycles. The van der Waals surface area contributed by atoms with Crippen LogP contribution in [0.25, 0.3) is 33.2 Å². The summed E-state index contributed by atoms with van der Waals surface area (Å²) in [6.07, 6.45) is 1.75. The second-order valence-electron chi connectivity index (χ2n) is 6.09. The molecule has 2 heterocycles. The van der Waals surface area contributed by atoms with E-state index in [0.29, 0.717) is 32.1 Å². The summed E-state index contributed by atoms with van der Waals surface area (Å²) in [5.41, 5.74) is 9.35. The standard InChI is InChI=1S/C19H15Cl2N5O/c1-26-18(17-14(20)3-2-4-15(17)21)13(9-23-26)10-5-6-11-12(7-10)16(8-22)24-25-19(11)27/h2-7,9H,8,22H2,1H3,(H,25,27). The summed E-state index contributed by atoms with van der Waals surface area (Å²) in [6, 6.07) is 10.9. The van der Waals surface area contributed by atoms with Crippen molar-refractivity contribution in [2.24, 2.45) is 12.8 Å². The molecule has 0 aliphatic rings. The van der Waals surface area contributed by atoms with E-state index in [1.54, 1.807) is 35.1 Å². The van der Waals surface area contributed by atoms with Crippen LogP contribution in [-0.4, -0.2) is 20.0 Å². The van der Waals surface area contributed by atoms with Gasteiger partial charge in [-0.3, -0.25) is 9.48 Å². The van der Waals surface area contributed by atoms with E-state index in [-0.39, 0.29) is 12.1 Å². The van der Waals surface area contributed by atoms with Gasteiger partial charge in [-0.15, -0.1) is 0 Å². The average Bonchev–Trinajstić information content (AvgIpc) is 3.03. The van der Waals surface area contributed by atoms with Crippen LogP contribution >= 0.6 is 23.2 Å². The molecular weight excluding hydrogens is 385 g/mol. The first-order chi connectivity index (χ1) is 13.0. The highest BCUT2D eigenvalue weighted by Gasteiger charge is 2.19. The van der Waals surface area contributed by atoms with E-state index < -0.39 is 0 Å². The Bertz CT molecular complexity index is 1210. The van der Waals surface area contributed by atoms with E-state index >= 15 is 0 Å². The average molecular weight is 400 g/mol. The maximum Gasteiger partial charge on any atom is 0.272 e. The molecule has 0 amide bonds. The van der Waals surface area contributed by atoms with E-state index in [4.69, 9.17) is 28.9 Å². The normalized spacial score (nSPS) is 11.3. The molecule has 6 nitrogen and oxygen atoms in total. The van der Waals surface area contributed by atoms with Gasteiger partial charge in [-0.1, -0.05) is 35.3 Å². The minimum absolute atomic E-state index is 0.215. The number of nitrogens with one attached hydrogen (secondary N) is 1. The van der Waals surface area contributed by atoms with Crippen molar-refractivity contribution in [2.45, 2.75) is 6.54 Å². The van der Waals surface area contributed by atoms with Gasteiger partial charge in [0.2, 0.25) is 0 Å². The first-order valence-corrected chi connectivity index (χ1v) is 8.95. The van der Waals surface area contributed by atoms with Crippen LogP contribution in [0.2, 0.25) is 10.0 Å². The summed E-state index contributed by atoms with van der Waals surface area (Å²) in [6.45, 7) is 0.215. The van der Waals surface area contributed by atoms with Crippen LogP contribution in [0.3, 0.4) is 0 Å². The van der Waals surface area contributed by atoms with E-state index in [0.717, 1.165) is 16.8 Å². The number of aromatic amines is 1. The fourth-order valence-electron chi connectivity index (χ4n) is 3.21. The fourth-order valence-corrected chi connectivity index (χ4v) is 3.79. The lowest BCUT2D eigenvalue weighted by atomic mass is 9.98. The number of fused-ring (bicyclic) bond motifs is 1. The zero-order valence-corrected chi connectivity index (χ0v) is 15.8. The maximum absolute atomic E-state index is 12.1. The van der Waals surface area contributed by atoms with Crippen LogP contribution in [0.15, 0.2) is 47.4 Å². The second-order valence-corrected chi connectivity index (χ2v) is 6.91. The highest BCUT2D eigenvalue weighted by atomic mass is 35.5. The van der Waals surface area contributed by atoms with Gasteiger partial charge in [0.25, 0.3) is 5.56 Å². The Morgan fingerprint density at radius 1 is 1.15 bits per heavy atom. The van der Waals surface area contributed by atoms with Gasteiger partial charge < -0.3 is 5.73 Å². The highest BCUT2D eigenvalue weighted by molar-refractivity contribution is 6.39. The summed E-state index contributed by atoms with van der Waals surface area (Å²) >= 11 is 12.8. The van der Waals surface area contributed by atoms with Gasteiger partial charge in [-0.25, -0.2) is 5.10 Å². The smallest absolute Gasteiger partial charge is 0.272 e. The SMILES string of the molecule is Cn1ncc(-c2ccc3c(=O)[nH]nc(CN)c3c2)c1-c1c(Cl)cccc1Cl. The molecule has 4 aromatic rings. The molecule has 0 unspecified atom stereocenters. The lowest BCUT2D eigenvalue weighted by Crippen LogP contribution is -2.13. The number of nitrogens with two attached hydrogens (primary N) is 1. The van der Waals surface area contributed by atoms with Crippen molar-refractivity contribution >= 4 is 34.0 Å². The van der Waals surface area contributed by atoms with E-state index in [1.807, 2.05) is 19.2 Å². The molecule has 136 valence electrons. The van der Waals surface area contributed by atoms with E-state index in [9.17, 15) is 4.79 Å². The van der Waals surface area contributed by atoms with Gasteiger partial charge in [-0.2, -0.15) is 10.2 Å². The van der Waals surface area contributed by atoms with Crippen LogP contribution in [0.5, 0.6) is 0 Å². The molecule has 0 aliphatic carbocycles. The first-order valence-electron chi connectivity index (χ1n) is 8.19. The summed E-state index contributed by atoms with van der Waals surface area (Å²) in [7, 11) is 1.83. The third-order valence-corrected chi connectivity index (χ3v) is 5.14. The van der Waals surface area contributed by atoms with Crippen molar-refractivity contribution in [1.82, 2.24) is 20.0 Å². The van der Waals surface area contributed by atoms with Gasteiger partial charge in [0.1, 0.15) is 0 Å². The van der Waals surface area contributed by atoms with Gasteiger partial charge in [0.05, 0.1) is 33.0 Å². The summed E-state index contributed by atoms with van der Waals surface area (Å²) in [5.74, 6) is 0. The summed E-state index contributed by atoms with van der Waals surface area (Å²) in [4.78, 5) is 12.1. The highest BCUT2D eigenvalue weighted by Crippen LogP contribution is 2.40. The molecule has 0 aliphatic heterocycles. The quantitative estimate of drug-likeness (QED) is 0.548. The Morgan fingerprint density at radius 2 is 1.89 bits per heavy atom. The molecule has 2 aromatic heterocycles. The number of aromatic nitrogens is 4. The molecule has 2 aromatic carbocycles. The summed E-state index contributed by atoms with van der Waals surface area (Å²) < 4.78 is 1.73. The van der Waals surface area contributed by atoms with Crippen LogP contribution < -0.4 is 11.3 Å². The third kappa shape index (κ3) is 2.92. The number of H-pyrrole nitrogens is 1. The number of nitrogens with zero attached hydrogens (tertiary/aromatic N) is 3. The lowest BCUT2D eigenvalue weighted by Gasteiger charge is -2.11. The monoisotopic (exact) mass is 399 g/mol. The zero-order chi connectivity index (χ0) is 19.1. The van der Waals surface area contributed by atoms with Gasteiger partial charge >= 0.3 is 0 Å². The number of hydrogen-bond acceptors (Lipinski definition) is 4.